The molecule has 2 amide bonds. The van der Waals surface area contributed by atoms with E-state index in [1.165, 1.54) is 6.42 Å². The average molecular weight is 536 g/mol. The lowest BCUT2D eigenvalue weighted by atomic mass is 9.93. The number of ether oxygens (including phenoxy) is 1. The Balaban J connectivity index is 1.46. The van der Waals surface area contributed by atoms with Crippen molar-refractivity contribution in [1.82, 2.24) is 10.6 Å². The molecule has 0 saturated heterocycles. The number of carbonyl (C=O) groups excluding carboxylic acids is 2. The van der Waals surface area contributed by atoms with E-state index in [2.05, 4.69) is 44.8 Å². The van der Waals surface area contributed by atoms with Gasteiger partial charge in [0.1, 0.15) is 11.8 Å². The van der Waals surface area contributed by atoms with Crippen LogP contribution in [0.1, 0.15) is 36.8 Å². The molecule has 182 valence electrons. The highest BCUT2D eigenvalue weighted by Crippen LogP contribution is 2.35. The first-order valence-corrected chi connectivity index (χ1v) is 13.0. The summed E-state index contributed by atoms with van der Waals surface area (Å²) >= 11 is 3.55. The quantitative estimate of drug-likeness (QED) is 0.459. The van der Waals surface area contributed by atoms with Gasteiger partial charge in [0.25, 0.3) is 0 Å². The summed E-state index contributed by atoms with van der Waals surface area (Å²) in [6.07, 6.45) is 4.73. The van der Waals surface area contributed by atoms with Crippen LogP contribution in [0.2, 0.25) is 0 Å². The summed E-state index contributed by atoms with van der Waals surface area (Å²) in [5, 5.41) is 8.40. The SMILES string of the molecule is COc1ccc2cc(Br)ccc2c1CN1C(=O)C(NC(=O)CNC2CCC2)CCc2ccccc21. The summed E-state index contributed by atoms with van der Waals surface area (Å²) in [5.41, 5.74) is 2.93. The Morgan fingerprint density at radius 2 is 1.94 bits per heavy atom. The number of rotatable bonds is 7. The van der Waals surface area contributed by atoms with Crippen LogP contribution in [0.25, 0.3) is 10.8 Å². The molecule has 5 rings (SSSR count). The van der Waals surface area contributed by atoms with Crippen LogP contribution in [0.3, 0.4) is 0 Å². The lowest BCUT2D eigenvalue weighted by Gasteiger charge is -2.28. The first kappa shape index (κ1) is 23.8. The molecule has 1 fully saturated rings. The fourth-order valence-electron chi connectivity index (χ4n) is 4.96. The second kappa shape index (κ2) is 10.4. The number of fused-ring (bicyclic) bond motifs is 2. The Morgan fingerprint density at radius 1 is 1.11 bits per heavy atom. The van der Waals surface area contributed by atoms with Crippen LogP contribution >= 0.6 is 15.9 Å². The average Bonchev–Trinajstić information content (AvgIpc) is 2.95. The molecule has 1 unspecified atom stereocenters. The van der Waals surface area contributed by atoms with E-state index >= 15 is 0 Å². The van der Waals surface area contributed by atoms with E-state index in [1.807, 2.05) is 41.3 Å². The van der Waals surface area contributed by atoms with Gasteiger partial charge >= 0.3 is 0 Å². The summed E-state index contributed by atoms with van der Waals surface area (Å²) in [5.74, 6) is 0.511. The third-order valence-electron chi connectivity index (χ3n) is 7.13. The summed E-state index contributed by atoms with van der Waals surface area (Å²) < 4.78 is 6.71. The third kappa shape index (κ3) is 5.07. The highest BCUT2D eigenvalue weighted by molar-refractivity contribution is 9.10. The van der Waals surface area contributed by atoms with Crippen molar-refractivity contribution in [3.63, 3.8) is 0 Å². The van der Waals surface area contributed by atoms with Crippen molar-refractivity contribution >= 4 is 44.2 Å². The zero-order valence-electron chi connectivity index (χ0n) is 19.9. The zero-order valence-corrected chi connectivity index (χ0v) is 21.4. The largest absolute Gasteiger partial charge is 0.496 e. The molecular weight excluding hydrogens is 506 g/mol. The normalized spacial score (nSPS) is 18.1. The molecule has 1 atom stereocenters. The molecule has 1 heterocycles. The van der Waals surface area contributed by atoms with Gasteiger partial charge in [-0.25, -0.2) is 0 Å². The Hall–Kier alpha value is -2.90. The number of halogens is 1. The summed E-state index contributed by atoms with van der Waals surface area (Å²) in [7, 11) is 1.65. The predicted octanol–water partition coefficient (Wildman–Crippen LogP) is 4.72. The van der Waals surface area contributed by atoms with Gasteiger partial charge in [-0.05, 0) is 66.3 Å². The minimum atomic E-state index is -0.576. The van der Waals surface area contributed by atoms with Gasteiger partial charge in [0, 0.05) is 21.8 Å². The fraction of sp³-hybridized carbons (Fsp3) is 0.357. The van der Waals surface area contributed by atoms with Crippen molar-refractivity contribution in [1.29, 1.82) is 0 Å². The first-order valence-electron chi connectivity index (χ1n) is 12.2. The summed E-state index contributed by atoms with van der Waals surface area (Å²) in [6.45, 7) is 0.595. The number of hydrogen-bond donors (Lipinski definition) is 2. The first-order chi connectivity index (χ1) is 17.0. The number of para-hydroxylation sites is 1. The van der Waals surface area contributed by atoms with Crippen LogP contribution < -0.4 is 20.3 Å². The van der Waals surface area contributed by atoms with E-state index in [0.717, 1.165) is 57.1 Å². The Bertz CT molecular complexity index is 1260. The van der Waals surface area contributed by atoms with E-state index in [-0.39, 0.29) is 18.4 Å². The second-order valence-corrected chi connectivity index (χ2v) is 10.2. The third-order valence-corrected chi connectivity index (χ3v) is 7.62. The number of amides is 2. The van der Waals surface area contributed by atoms with Crippen molar-refractivity contribution in [2.24, 2.45) is 0 Å². The van der Waals surface area contributed by atoms with Gasteiger partial charge in [0.05, 0.1) is 20.2 Å². The van der Waals surface area contributed by atoms with Gasteiger partial charge in [-0.15, -0.1) is 0 Å². The number of carbonyl (C=O) groups is 2. The number of nitrogens with zero attached hydrogens (tertiary/aromatic N) is 1. The molecule has 6 nitrogen and oxygen atoms in total. The molecule has 7 heteroatoms. The summed E-state index contributed by atoms with van der Waals surface area (Å²) in [6, 6.07) is 17.9. The van der Waals surface area contributed by atoms with E-state index < -0.39 is 6.04 Å². The van der Waals surface area contributed by atoms with Crippen LogP contribution in [-0.4, -0.2) is 37.6 Å². The monoisotopic (exact) mass is 535 g/mol. The molecule has 0 bridgehead atoms. The van der Waals surface area contributed by atoms with Crippen molar-refractivity contribution < 1.29 is 14.3 Å². The molecule has 2 aliphatic rings. The number of anilines is 1. The highest BCUT2D eigenvalue weighted by atomic mass is 79.9. The lowest BCUT2D eigenvalue weighted by molar-refractivity contribution is -0.127. The maximum Gasteiger partial charge on any atom is 0.249 e. The lowest BCUT2D eigenvalue weighted by Crippen LogP contribution is -2.51. The molecule has 0 radical (unpaired) electrons. The smallest absolute Gasteiger partial charge is 0.249 e. The Kier molecular flexibility index (Phi) is 7.07. The van der Waals surface area contributed by atoms with Crippen molar-refractivity contribution in [2.45, 2.75) is 50.7 Å². The molecule has 1 aliphatic heterocycles. The van der Waals surface area contributed by atoms with Gasteiger partial charge in [-0.3, -0.25) is 9.59 Å². The Morgan fingerprint density at radius 3 is 2.71 bits per heavy atom. The van der Waals surface area contributed by atoms with Gasteiger partial charge in [-0.1, -0.05) is 52.7 Å². The number of nitrogens with one attached hydrogen (secondary N) is 2. The second-order valence-electron chi connectivity index (χ2n) is 9.33. The van der Waals surface area contributed by atoms with E-state index in [1.54, 1.807) is 7.11 Å². The van der Waals surface area contributed by atoms with Crippen molar-refractivity contribution in [3.05, 3.63) is 70.2 Å². The molecule has 1 aliphatic carbocycles. The highest BCUT2D eigenvalue weighted by Gasteiger charge is 2.32. The number of benzene rings is 3. The molecule has 0 aromatic heterocycles. The minimum Gasteiger partial charge on any atom is -0.496 e. The van der Waals surface area contributed by atoms with Gasteiger partial charge in [0.2, 0.25) is 11.8 Å². The standard InChI is InChI=1S/C28H30BrN3O3/c1-35-26-14-10-19-15-20(29)11-12-22(19)23(26)17-32-25-8-3-2-5-18(25)9-13-24(28(32)34)31-27(33)16-30-21-6-4-7-21/h2-3,5,8,10-12,14-15,21,24,30H,4,6-7,9,13,16-17H2,1H3,(H,31,33). The zero-order chi connectivity index (χ0) is 24.4. The molecule has 3 aromatic rings. The van der Waals surface area contributed by atoms with Crippen molar-refractivity contribution in [2.75, 3.05) is 18.6 Å². The molecule has 2 N–H and O–H groups in total. The van der Waals surface area contributed by atoms with Gasteiger partial charge < -0.3 is 20.3 Å². The fourth-order valence-corrected chi connectivity index (χ4v) is 5.34. The van der Waals surface area contributed by atoms with Crippen LogP contribution in [0.15, 0.2) is 59.1 Å². The molecule has 35 heavy (non-hydrogen) atoms. The minimum absolute atomic E-state index is 0.0943. The van der Waals surface area contributed by atoms with E-state index in [4.69, 9.17) is 4.74 Å². The molecule has 0 spiro atoms. The number of methoxy groups -OCH3 is 1. The predicted molar refractivity (Wildman–Crippen MR) is 142 cm³/mol. The van der Waals surface area contributed by atoms with Crippen LogP contribution in [0.4, 0.5) is 5.69 Å². The maximum absolute atomic E-state index is 13.9. The summed E-state index contributed by atoms with van der Waals surface area (Å²) in [4.78, 5) is 28.4. The van der Waals surface area contributed by atoms with Crippen LogP contribution in [-0.2, 0) is 22.6 Å². The van der Waals surface area contributed by atoms with E-state index in [9.17, 15) is 9.59 Å². The number of hydrogen-bond acceptors (Lipinski definition) is 4. The molecule has 1 saturated carbocycles. The maximum atomic E-state index is 13.9. The molecule has 3 aromatic carbocycles. The van der Waals surface area contributed by atoms with Gasteiger partial charge in [0.15, 0.2) is 0 Å². The van der Waals surface area contributed by atoms with Crippen molar-refractivity contribution in [3.8, 4) is 5.75 Å². The molecular formula is C28H30BrN3O3. The topological polar surface area (TPSA) is 70.7 Å². The van der Waals surface area contributed by atoms with Crippen LogP contribution in [0.5, 0.6) is 5.75 Å². The number of aryl methyl sites for hydroxylation is 1. The van der Waals surface area contributed by atoms with Gasteiger partial charge in [-0.2, -0.15) is 0 Å². The Labute approximate surface area is 214 Å². The van der Waals surface area contributed by atoms with E-state index in [0.29, 0.717) is 19.0 Å². The van der Waals surface area contributed by atoms with Crippen LogP contribution in [0, 0.1) is 0 Å².